The van der Waals surface area contributed by atoms with Crippen molar-refractivity contribution in [3.05, 3.63) is 41.4 Å². The van der Waals surface area contributed by atoms with Crippen LogP contribution in [0.1, 0.15) is 0 Å². The van der Waals surface area contributed by atoms with Crippen molar-refractivity contribution >= 4 is 40.3 Å². The number of thiocarbonyl (C=S) groups is 1. The molecule has 0 aromatic heterocycles. The monoisotopic (exact) mass is 388 g/mol. The zero-order valence-electron chi connectivity index (χ0n) is 13.3. The van der Waals surface area contributed by atoms with Gasteiger partial charge in [-0.2, -0.15) is 8.78 Å². The average Bonchev–Trinajstić information content (AvgIpc) is 2.56. The van der Waals surface area contributed by atoms with Crippen molar-refractivity contribution in [2.75, 3.05) is 24.9 Å². The standard InChI is InChI=1S/C16H15ClF2N2O3S/c1-22-11-5-10(6-12(8-11)23-2)21-16(25)20-9-3-4-14(13(17)7-9)24-15(18)19/h3-8,15H,1-2H3,(H2,20,21,25). The number of nitrogens with one attached hydrogen (secondary N) is 2. The van der Waals surface area contributed by atoms with Gasteiger partial charge in [0.05, 0.1) is 19.2 Å². The highest BCUT2D eigenvalue weighted by molar-refractivity contribution is 7.80. The molecule has 9 heteroatoms. The molecule has 0 aliphatic carbocycles. The third kappa shape index (κ3) is 5.61. The van der Waals surface area contributed by atoms with E-state index in [-0.39, 0.29) is 15.9 Å². The van der Waals surface area contributed by atoms with E-state index >= 15 is 0 Å². The molecule has 0 saturated heterocycles. The van der Waals surface area contributed by atoms with Crippen molar-refractivity contribution in [1.82, 2.24) is 0 Å². The zero-order valence-corrected chi connectivity index (χ0v) is 14.9. The fraction of sp³-hybridized carbons (Fsp3) is 0.188. The minimum atomic E-state index is -2.94. The minimum absolute atomic E-state index is 0.0381. The van der Waals surface area contributed by atoms with E-state index in [0.29, 0.717) is 22.9 Å². The van der Waals surface area contributed by atoms with Gasteiger partial charge in [0.1, 0.15) is 17.2 Å². The zero-order chi connectivity index (χ0) is 18.4. The Bertz CT molecular complexity index is 740. The number of benzene rings is 2. The van der Waals surface area contributed by atoms with E-state index in [1.807, 2.05) is 0 Å². The summed E-state index contributed by atoms with van der Waals surface area (Å²) >= 11 is 11.1. The van der Waals surface area contributed by atoms with Gasteiger partial charge < -0.3 is 24.8 Å². The van der Waals surface area contributed by atoms with Crippen LogP contribution in [0.3, 0.4) is 0 Å². The number of hydrogen-bond donors (Lipinski definition) is 2. The average molecular weight is 389 g/mol. The van der Waals surface area contributed by atoms with E-state index in [0.717, 1.165) is 0 Å². The third-order valence-corrected chi connectivity index (χ3v) is 3.51. The number of halogens is 3. The van der Waals surface area contributed by atoms with Crippen LogP contribution >= 0.6 is 23.8 Å². The van der Waals surface area contributed by atoms with Gasteiger partial charge in [-0.25, -0.2) is 0 Å². The first-order valence-corrected chi connectivity index (χ1v) is 7.75. The highest BCUT2D eigenvalue weighted by Crippen LogP contribution is 2.29. The fourth-order valence-electron chi connectivity index (χ4n) is 1.94. The molecule has 0 unspecified atom stereocenters. The Morgan fingerprint density at radius 2 is 1.60 bits per heavy atom. The molecule has 2 rings (SSSR count). The molecule has 25 heavy (non-hydrogen) atoms. The summed E-state index contributed by atoms with van der Waals surface area (Å²) in [6, 6.07) is 9.48. The lowest BCUT2D eigenvalue weighted by atomic mass is 10.2. The Balaban J connectivity index is 2.06. The molecule has 2 aromatic rings. The van der Waals surface area contributed by atoms with E-state index in [4.69, 9.17) is 33.3 Å². The summed E-state index contributed by atoms with van der Waals surface area (Å²) in [7, 11) is 3.08. The van der Waals surface area contributed by atoms with Crippen LogP contribution < -0.4 is 24.8 Å². The molecule has 0 aliphatic heterocycles. The second-order valence-corrected chi connectivity index (χ2v) is 5.52. The predicted octanol–water partition coefficient (Wildman–Crippen LogP) is 4.77. The summed E-state index contributed by atoms with van der Waals surface area (Å²) in [6.07, 6.45) is 0. The molecule has 0 fully saturated rings. The van der Waals surface area contributed by atoms with Gasteiger partial charge in [-0.15, -0.1) is 0 Å². The SMILES string of the molecule is COc1cc(NC(=S)Nc2ccc(OC(F)F)c(Cl)c2)cc(OC)c1. The van der Waals surface area contributed by atoms with Crippen molar-refractivity contribution in [3.8, 4) is 17.2 Å². The van der Waals surface area contributed by atoms with Crippen LogP contribution in [0.15, 0.2) is 36.4 Å². The van der Waals surface area contributed by atoms with Crippen molar-refractivity contribution in [2.24, 2.45) is 0 Å². The molecule has 134 valence electrons. The maximum atomic E-state index is 12.2. The molecular weight excluding hydrogens is 374 g/mol. The molecule has 0 aliphatic rings. The molecule has 0 spiro atoms. The third-order valence-electron chi connectivity index (χ3n) is 3.02. The first-order chi connectivity index (χ1) is 11.9. The molecule has 0 heterocycles. The number of anilines is 2. The highest BCUT2D eigenvalue weighted by Gasteiger charge is 2.10. The van der Waals surface area contributed by atoms with Gasteiger partial charge in [-0.3, -0.25) is 0 Å². The van der Waals surface area contributed by atoms with Crippen molar-refractivity contribution < 1.29 is 23.0 Å². The van der Waals surface area contributed by atoms with Gasteiger partial charge in [-0.05, 0) is 30.4 Å². The molecule has 0 atom stereocenters. The summed E-state index contributed by atoms with van der Waals surface area (Å²) in [5.41, 5.74) is 1.16. The molecule has 0 radical (unpaired) electrons. The van der Waals surface area contributed by atoms with Crippen LogP contribution in [0, 0.1) is 0 Å². The number of ether oxygens (including phenoxy) is 3. The first-order valence-electron chi connectivity index (χ1n) is 6.96. The van der Waals surface area contributed by atoms with Gasteiger partial charge in [0, 0.05) is 29.6 Å². The topological polar surface area (TPSA) is 51.8 Å². The van der Waals surface area contributed by atoms with E-state index in [1.165, 1.54) is 18.2 Å². The Morgan fingerprint density at radius 1 is 1.00 bits per heavy atom. The van der Waals surface area contributed by atoms with E-state index in [1.54, 1.807) is 32.4 Å². The Labute approximate surface area is 153 Å². The minimum Gasteiger partial charge on any atom is -0.497 e. The van der Waals surface area contributed by atoms with Gasteiger partial charge in [0.25, 0.3) is 0 Å². The molecule has 0 saturated carbocycles. The molecular formula is C16H15ClF2N2O3S. The van der Waals surface area contributed by atoms with Crippen molar-refractivity contribution in [2.45, 2.75) is 6.61 Å². The van der Waals surface area contributed by atoms with Crippen molar-refractivity contribution in [1.29, 1.82) is 0 Å². The summed E-state index contributed by atoms with van der Waals surface area (Å²) in [6.45, 7) is -2.94. The first kappa shape index (κ1) is 19.0. The lowest BCUT2D eigenvalue weighted by Gasteiger charge is -2.14. The molecule has 0 bridgehead atoms. The summed E-state index contributed by atoms with van der Waals surface area (Å²) in [5.74, 6) is 1.08. The van der Waals surface area contributed by atoms with Gasteiger partial charge in [0.2, 0.25) is 0 Å². The Kier molecular flexibility index (Phi) is 6.60. The number of hydrogen-bond acceptors (Lipinski definition) is 4. The van der Waals surface area contributed by atoms with Gasteiger partial charge in [-0.1, -0.05) is 11.6 Å². The largest absolute Gasteiger partial charge is 0.497 e. The molecule has 0 amide bonds. The van der Waals surface area contributed by atoms with Gasteiger partial charge >= 0.3 is 6.61 Å². The summed E-state index contributed by atoms with van der Waals surface area (Å²) in [4.78, 5) is 0. The van der Waals surface area contributed by atoms with Crippen LogP contribution in [0.5, 0.6) is 17.2 Å². The molecule has 2 N–H and O–H groups in total. The lowest BCUT2D eigenvalue weighted by molar-refractivity contribution is -0.0497. The van der Waals surface area contributed by atoms with Crippen LogP contribution in [-0.4, -0.2) is 25.9 Å². The normalized spacial score (nSPS) is 10.3. The van der Waals surface area contributed by atoms with E-state index in [9.17, 15) is 8.78 Å². The molecule has 2 aromatic carbocycles. The van der Waals surface area contributed by atoms with Crippen molar-refractivity contribution in [3.63, 3.8) is 0 Å². The predicted molar refractivity (Wildman–Crippen MR) is 97.5 cm³/mol. The van der Waals surface area contributed by atoms with Crippen LogP contribution in [-0.2, 0) is 0 Å². The summed E-state index contributed by atoms with van der Waals surface area (Å²) < 4.78 is 39.1. The molecule has 5 nitrogen and oxygen atoms in total. The quantitative estimate of drug-likeness (QED) is 0.695. The summed E-state index contributed by atoms with van der Waals surface area (Å²) in [5, 5.41) is 6.18. The van der Waals surface area contributed by atoms with E-state index < -0.39 is 6.61 Å². The maximum Gasteiger partial charge on any atom is 0.387 e. The number of rotatable bonds is 6. The fourth-order valence-corrected chi connectivity index (χ4v) is 2.40. The van der Waals surface area contributed by atoms with Crippen LogP contribution in [0.2, 0.25) is 5.02 Å². The second-order valence-electron chi connectivity index (χ2n) is 4.70. The number of alkyl halides is 2. The number of methoxy groups -OCH3 is 2. The lowest BCUT2D eigenvalue weighted by Crippen LogP contribution is -2.19. The maximum absolute atomic E-state index is 12.2. The Morgan fingerprint density at radius 3 is 2.12 bits per heavy atom. The second kappa shape index (κ2) is 8.68. The van der Waals surface area contributed by atoms with Crippen LogP contribution in [0.4, 0.5) is 20.2 Å². The van der Waals surface area contributed by atoms with E-state index in [2.05, 4.69) is 15.4 Å². The Hall–Kier alpha value is -2.32. The van der Waals surface area contributed by atoms with Crippen LogP contribution in [0.25, 0.3) is 0 Å². The smallest absolute Gasteiger partial charge is 0.387 e. The highest BCUT2D eigenvalue weighted by atomic mass is 35.5. The van der Waals surface area contributed by atoms with Gasteiger partial charge in [0.15, 0.2) is 5.11 Å².